The maximum atomic E-state index is 11.5. The molecule has 0 spiro atoms. The average molecular weight is 277 g/mol. The largest absolute Gasteiger partial charge is 0.530 e. The van der Waals surface area contributed by atoms with Crippen molar-refractivity contribution < 1.29 is 9.90 Å². The van der Waals surface area contributed by atoms with Gasteiger partial charge in [-0.2, -0.15) is 0 Å². The zero-order valence-corrected chi connectivity index (χ0v) is 11.9. The van der Waals surface area contributed by atoms with Crippen molar-refractivity contribution in [1.29, 1.82) is 0 Å². The number of carbonyl (C=O) groups excluding carboxylic acids is 1. The molecule has 2 aromatic rings. The first kappa shape index (κ1) is 13.7. The van der Waals surface area contributed by atoms with Gasteiger partial charge < -0.3 is 14.8 Å². The summed E-state index contributed by atoms with van der Waals surface area (Å²) in [6.45, 7) is 5.45. The highest BCUT2D eigenvalue weighted by atomic mass is 35.5. The van der Waals surface area contributed by atoms with Crippen LogP contribution in [0.1, 0.15) is 20.8 Å². The Kier molecular flexibility index (Phi) is 3.42. The Morgan fingerprint density at radius 2 is 1.74 bits per heavy atom. The summed E-state index contributed by atoms with van der Waals surface area (Å²) in [6.07, 6.45) is -1.24. The van der Waals surface area contributed by atoms with Gasteiger partial charge in [-0.1, -0.05) is 35.9 Å². The summed E-state index contributed by atoms with van der Waals surface area (Å²) in [5.41, 5.74) is -0.0534. The Balaban J connectivity index is 2.77. The lowest BCUT2D eigenvalue weighted by molar-refractivity contribution is -0.247. The molecular formula is C15H15ClNO2-. The molecule has 0 heterocycles. The van der Waals surface area contributed by atoms with E-state index in [1.54, 1.807) is 12.1 Å². The van der Waals surface area contributed by atoms with Crippen molar-refractivity contribution in [2.75, 3.05) is 4.90 Å². The standard InChI is InChI=1S/C15H16ClNO2/c1-15(2,3)17(14(18)19)12-9-5-7-10-6-4-8-11(16)13(10)12/h4-9H,1-3H3,(H,18,19)/p-1. The molecule has 2 aromatic carbocycles. The van der Waals surface area contributed by atoms with Crippen LogP contribution in [0.15, 0.2) is 36.4 Å². The van der Waals surface area contributed by atoms with E-state index in [2.05, 4.69) is 0 Å². The second-order valence-corrected chi connectivity index (χ2v) is 5.79. The third kappa shape index (κ3) is 2.51. The molecule has 2 rings (SSSR count). The molecule has 0 aromatic heterocycles. The zero-order valence-electron chi connectivity index (χ0n) is 11.1. The SMILES string of the molecule is CC(C)(C)N(C(=O)[O-])c1cccc2cccc(Cl)c12. The molecule has 0 bridgehead atoms. The van der Waals surface area contributed by atoms with Gasteiger partial charge >= 0.3 is 0 Å². The average Bonchev–Trinajstić information content (AvgIpc) is 2.27. The van der Waals surface area contributed by atoms with Crippen molar-refractivity contribution in [2.45, 2.75) is 26.3 Å². The molecular weight excluding hydrogens is 262 g/mol. The van der Waals surface area contributed by atoms with E-state index >= 15 is 0 Å². The van der Waals surface area contributed by atoms with Gasteiger partial charge in [-0.15, -0.1) is 0 Å². The van der Waals surface area contributed by atoms with Crippen LogP contribution in [0.4, 0.5) is 10.5 Å². The van der Waals surface area contributed by atoms with E-state index in [4.69, 9.17) is 11.6 Å². The maximum Gasteiger partial charge on any atom is 0.142 e. The number of anilines is 1. The first-order valence-electron chi connectivity index (χ1n) is 6.01. The number of amides is 1. The predicted molar refractivity (Wildman–Crippen MR) is 76.6 cm³/mol. The lowest BCUT2D eigenvalue weighted by atomic mass is 10.0. The summed E-state index contributed by atoms with van der Waals surface area (Å²) < 4.78 is 0. The number of fused-ring (bicyclic) bond motifs is 1. The highest BCUT2D eigenvalue weighted by molar-refractivity contribution is 6.36. The van der Waals surface area contributed by atoms with Gasteiger partial charge in [0.1, 0.15) is 6.09 Å². The fourth-order valence-electron chi connectivity index (χ4n) is 2.20. The van der Waals surface area contributed by atoms with Crippen LogP contribution < -0.4 is 10.0 Å². The molecule has 0 radical (unpaired) electrons. The third-order valence-corrected chi connectivity index (χ3v) is 3.24. The Morgan fingerprint density at radius 1 is 1.16 bits per heavy atom. The van der Waals surface area contributed by atoms with Gasteiger partial charge in [0.15, 0.2) is 0 Å². The molecule has 0 saturated carbocycles. The van der Waals surface area contributed by atoms with Crippen molar-refractivity contribution in [3.05, 3.63) is 41.4 Å². The highest BCUT2D eigenvalue weighted by Gasteiger charge is 2.25. The summed E-state index contributed by atoms with van der Waals surface area (Å²) in [7, 11) is 0. The first-order chi connectivity index (χ1) is 8.82. The quantitative estimate of drug-likeness (QED) is 0.801. The molecule has 0 aliphatic rings. The Labute approximate surface area is 117 Å². The minimum atomic E-state index is -1.24. The van der Waals surface area contributed by atoms with Crippen LogP contribution >= 0.6 is 11.6 Å². The molecule has 0 aliphatic carbocycles. The minimum Gasteiger partial charge on any atom is -0.530 e. The molecule has 0 fully saturated rings. The molecule has 0 aliphatic heterocycles. The molecule has 0 unspecified atom stereocenters. The van der Waals surface area contributed by atoms with Crippen molar-refractivity contribution in [3.8, 4) is 0 Å². The number of benzene rings is 2. The number of nitrogens with zero attached hydrogens (tertiary/aromatic N) is 1. The van der Waals surface area contributed by atoms with Gasteiger partial charge in [-0.05, 0) is 38.3 Å². The molecule has 100 valence electrons. The summed E-state index contributed by atoms with van der Waals surface area (Å²) >= 11 is 6.22. The molecule has 19 heavy (non-hydrogen) atoms. The van der Waals surface area contributed by atoms with E-state index in [1.165, 1.54) is 4.90 Å². The van der Waals surface area contributed by atoms with Crippen LogP contribution in [-0.4, -0.2) is 11.6 Å². The normalized spacial score (nSPS) is 11.6. The molecule has 0 N–H and O–H groups in total. The van der Waals surface area contributed by atoms with Crippen LogP contribution in [0, 0.1) is 0 Å². The van der Waals surface area contributed by atoms with Gasteiger partial charge in [0.2, 0.25) is 0 Å². The molecule has 1 amide bonds. The van der Waals surface area contributed by atoms with Crippen molar-refractivity contribution in [2.24, 2.45) is 0 Å². The van der Waals surface area contributed by atoms with Crippen LogP contribution in [0.25, 0.3) is 10.8 Å². The van der Waals surface area contributed by atoms with E-state index in [-0.39, 0.29) is 0 Å². The first-order valence-corrected chi connectivity index (χ1v) is 6.38. The number of hydrogen-bond acceptors (Lipinski definition) is 2. The number of carboxylic acid groups (broad SMARTS) is 1. The molecule has 0 atom stereocenters. The van der Waals surface area contributed by atoms with Crippen molar-refractivity contribution >= 4 is 34.2 Å². The fraction of sp³-hybridized carbons (Fsp3) is 0.267. The van der Waals surface area contributed by atoms with E-state index in [0.29, 0.717) is 10.7 Å². The second-order valence-electron chi connectivity index (χ2n) is 5.39. The van der Waals surface area contributed by atoms with Crippen LogP contribution in [-0.2, 0) is 0 Å². The van der Waals surface area contributed by atoms with Crippen molar-refractivity contribution in [3.63, 3.8) is 0 Å². The van der Waals surface area contributed by atoms with Crippen LogP contribution in [0.3, 0.4) is 0 Å². The van der Waals surface area contributed by atoms with E-state index in [1.807, 2.05) is 45.0 Å². The second kappa shape index (κ2) is 4.74. The lowest BCUT2D eigenvalue weighted by Crippen LogP contribution is -2.52. The van der Waals surface area contributed by atoms with Gasteiger partial charge in [-0.25, -0.2) is 0 Å². The topological polar surface area (TPSA) is 43.4 Å². The third-order valence-electron chi connectivity index (χ3n) is 2.93. The van der Waals surface area contributed by atoms with Crippen molar-refractivity contribution in [1.82, 2.24) is 0 Å². The number of hydrogen-bond donors (Lipinski definition) is 0. The number of halogens is 1. The summed E-state index contributed by atoms with van der Waals surface area (Å²) in [6, 6.07) is 11.0. The Hall–Kier alpha value is -1.74. The zero-order chi connectivity index (χ0) is 14.2. The summed E-state index contributed by atoms with van der Waals surface area (Å²) in [5, 5.41) is 13.6. The van der Waals surface area contributed by atoms with Gasteiger partial charge in [0.25, 0.3) is 0 Å². The maximum absolute atomic E-state index is 11.5. The number of carbonyl (C=O) groups is 1. The van der Waals surface area contributed by atoms with Crippen LogP contribution in [0.2, 0.25) is 5.02 Å². The molecule has 3 nitrogen and oxygen atoms in total. The fourth-order valence-corrected chi connectivity index (χ4v) is 2.47. The van der Waals surface area contributed by atoms with Gasteiger partial charge in [-0.3, -0.25) is 0 Å². The Bertz CT molecular complexity index is 626. The molecule has 0 saturated heterocycles. The Morgan fingerprint density at radius 3 is 2.26 bits per heavy atom. The summed E-state index contributed by atoms with van der Waals surface area (Å²) in [5.74, 6) is 0. The van der Waals surface area contributed by atoms with Gasteiger partial charge in [0, 0.05) is 10.9 Å². The smallest absolute Gasteiger partial charge is 0.142 e. The minimum absolute atomic E-state index is 0.531. The summed E-state index contributed by atoms with van der Waals surface area (Å²) in [4.78, 5) is 12.7. The highest BCUT2D eigenvalue weighted by Crippen LogP contribution is 2.35. The monoisotopic (exact) mass is 276 g/mol. The van der Waals surface area contributed by atoms with E-state index < -0.39 is 11.6 Å². The molecule has 4 heteroatoms. The predicted octanol–water partition coefficient (Wildman–Crippen LogP) is 3.44. The lowest BCUT2D eigenvalue weighted by Gasteiger charge is -2.38. The van der Waals surface area contributed by atoms with E-state index in [9.17, 15) is 9.90 Å². The number of rotatable bonds is 1. The van der Waals surface area contributed by atoms with E-state index in [0.717, 1.165) is 10.8 Å². The van der Waals surface area contributed by atoms with Gasteiger partial charge in [0.05, 0.1) is 10.7 Å². The van der Waals surface area contributed by atoms with Crippen LogP contribution in [0.5, 0.6) is 0 Å².